The van der Waals surface area contributed by atoms with Crippen molar-refractivity contribution in [2.75, 3.05) is 20.1 Å². The topological polar surface area (TPSA) is 29.0 Å². The highest BCUT2D eigenvalue weighted by Gasteiger charge is 2.35. The van der Waals surface area contributed by atoms with Crippen LogP contribution >= 0.6 is 0 Å². The van der Waals surface area contributed by atoms with Gasteiger partial charge in [0.2, 0.25) is 5.82 Å². The molecular weight excluding hydrogens is 219 g/mol. The van der Waals surface area contributed by atoms with Crippen LogP contribution in [0.1, 0.15) is 23.9 Å². The lowest BCUT2D eigenvalue weighted by molar-refractivity contribution is -0.145. The Morgan fingerprint density at radius 2 is 2.19 bits per heavy atom. The summed E-state index contributed by atoms with van der Waals surface area (Å²) in [4.78, 5) is 8.93. The van der Waals surface area contributed by atoms with Crippen LogP contribution in [0.2, 0.25) is 0 Å². The Kier molecular flexibility index (Phi) is 2.84. The van der Waals surface area contributed by atoms with Gasteiger partial charge in [0, 0.05) is 24.4 Å². The van der Waals surface area contributed by atoms with Crippen molar-refractivity contribution in [3.05, 3.63) is 23.8 Å². The molecule has 1 saturated heterocycles. The van der Waals surface area contributed by atoms with Crippen LogP contribution in [-0.2, 0) is 6.18 Å². The lowest BCUT2D eigenvalue weighted by Gasteiger charge is -2.11. The molecule has 1 aromatic heterocycles. The number of alkyl halides is 3. The predicted octanol–water partition coefficient (Wildman–Crippen LogP) is 1.91. The SMILES string of the molecule is CN1CCC(c2ccnc(C(F)(F)F)n2)C1. The van der Waals surface area contributed by atoms with Crippen LogP contribution in [0, 0.1) is 0 Å². The summed E-state index contributed by atoms with van der Waals surface area (Å²) in [5, 5.41) is 0. The molecule has 1 aliphatic rings. The van der Waals surface area contributed by atoms with Crippen LogP contribution in [0.15, 0.2) is 12.3 Å². The molecule has 2 rings (SSSR count). The zero-order valence-corrected chi connectivity index (χ0v) is 8.83. The van der Waals surface area contributed by atoms with Crippen molar-refractivity contribution in [3.63, 3.8) is 0 Å². The Morgan fingerprint density at radius 3 is 2.75 bits per heavy atom. The zero-order chi connectivity index (χ0) is 11.8. The summed E-state index contributed by atoms with van der Waals surface area (Å²) in [6, 6.07) is 1.57. The molecule has 1 fully saturated rings. The van der Waals surface area contributed by atoms with Gasteiger partial charge in [0.15, 0.2) is 0 Å². The van der Waals surface area contributed by atoms with Gasteiger partial charge in [-0.25, -0.2) is 9.97 Å². The predicted molar refractivity (Wildman–Crippen MR) is 51.9 cm³/mol. The summed E-state index contributed by atoms with van der Waals surface area (Å²) in [6.07, 6.45) is -2.42. The quantitative estimate of drug-likeness (QED) is 0.739. The molecule has 1 aromatic rings. The number of aromatic nitrogens is 2. The van der Waals surface area contributed by atoms with Crippen molar-refractivity contribution in [3.8, 4) is 0 Å². The highest BCUT2D eigenvalue weighted by Crippen LogP contribution is 2.29. The van der Waals surface area contributed by atoms with Crippen LogP contribution in [0.4, 0.5) is 13.2 Å². The van der Waals surface area contributed by atoms with Crippen LogP contribution in [0.5, 0.6) is 0 Å². The molecular formula is C10H12F3N3. The number of hydrogen-bond acceptors (Lipinski definition) is 3. The first-order valence-corrected chi connectivity index (χ1v) is 5.05. The van der Waals surface area contributed by atoms with Crippen molar-refractivity contribution in [2.24, 2.45) is 0 Å². The van der Waals surface area contributed by atoms with Crippen molar-refractivity contribution < 1.29 is 13.2 Å². The highest BCUT2D eigenvalue weighted by molar-refractivity contribution is 5.12. The molecule has 0 radical (unpaired) electrons. The Bertz CT molecular complexity index is 378. The number of rotatable bonds is 1. The van der Waals surface area contributed by atoms with Crippen LogP contribution in [0.3, 0.4) is 0 Å². The first-order valence-electron chi connectivity index (χ1n) is 5.05. The molecule has 0 N–H and O–H groups in total. The Morgan fingerprint density at radius 1 is 1.44 bits per heavy atom. The van der Waals surface area contributed by atoms with Gasteiger partial charge in [0.1, 0.15) is 0 Å². The Labute approximate surface area is 91.3 Å². The maximum Gasteiger partial charge on any atom is 0.451 e. The van der Waals surface area contributed by atoms with Gasteiger partial charge in [-0.3, -0.25) is 0 Å². The Hall–Kier alpha value is -1.17. The number of likely N-dealkylation sites (N-methyl/N-ethyl adjacent to an activating group) is 1. The van der Waals surface area contributed by atoms with E-state index in [1.807, 2.05) is 7.05 Å². The fourth-order valence-electron chi connectivity index (χ4n) is 1.91. The third-order valence-electron chi connectivity index (χ3n) is 2.74. The summed E-state index contributed by atoms with van der Waals surface area (Å²) in [7, 11) is 1.95. The Balaban J connectivity index is 2.23. The fourth-order valence-corrected chi connectivity index (χ4v) is 1.91. The molecule has 6 heteroatoms. The summed E-state index contributed by atoms with van der Waals surface area (Å²) in [6.45, 7) is 1.66. The summed E-state index contributed by atoms with van der Waals surface area (Å²) in [5.41, 5.74) is 0.492. The van der Waals surface area contributed by atoms with E-state index in [-0.39, 0.29) is 5.92 Å². The lowest BCUT2D eigenvalue weighted by Crippen LogP contribution is -2.16. The maximum absolute atomic E-state index is 12.4. The molecule has 1 aliphatic heterocycles. The average molecular weight is 231 g/mol. The van der Waals surface area contributed by atoms with E-state index in [9.17, 15) is 13.2 Å². The molecule has 0 bridgehead atoms. The van der Waals surface area contributed by atoms with Gasteiger partial charge in [-0.2, -0.15) is 13.2 Å². The molecule has 0 aromatic carbocycles. The molecule has 0 spiro atoms. The van der Waals surface area contributed by atoms with E-state index < -0.39 is 12.0 Å². The first-order chi connectivity index (χ1) is 7.47. The molecule has 0 aliphatic carbocycles. The molecule has 0 amide bonds. The van der Waals surface area contributed by atoms with Gasteiger partial charge >= 0.3 is 6.18 Å². The van der Waals surface area contributed by atoms with Gasteiger partial charge in [-0.1, -0.05) is 0 Å². The molecule has 1 atom stereocenters. The van der Waals surface area contributed by atoms with E-state index >= 15 is 0 Å². The van der Waals surface area contributed by atoms with Gasteiger partial charge in [0.05, 0.1) is 0 Å². The minimum absolute atomic E-state index is 0.0918. The zero-order valence-electron chi connectivity index (χ0n) is 8.83. The van der Waals surface area contributed by atoms with E-state index in [0.717, 1.165) is 19.5 Å². The fraction of sp³-hybridized carbons (Fsp3) is 0.600. The maximum atomic E-state index is 12.4. The number of halogens is 3. The van der Waals surface area contributed by atoms with E-state index in [4.69, 9.17) is 0 Å². The van der Waals surface area contributed by atoms with Gasteiger partial charge in [0.25, 0.3) is 0 Å². The summed E-state index contributed by atoms with van der Waals surface area (Å²) < 4.78 is 37.2. The lowest BCUT2D eigenvalue weighted by atomic mass is 10.1. The largest absolute Gasteiger partial charge is 0.451 e. The van der Waals surface area contributed by atoms with Gasteiger partial charge < -0.3 is 4.90 Å². The highest BCUT2D eigenvalue weighted by atomic mass is 19.4. The molecule has 88 valence electrons. The molecule has 1 unspecified atom stereocenters. The number of hydrogen-bond donors (Lipinski definition) is 0. The third-order valence-corrected chi connectivity index (χ3v) is 2.74. The van der Waals surface area contributed by atoms with Crippen molar-refractivity contribution in [1.29, 1.82) is 0 Å². The third kappa shape index (κ3) is 2.32. The molecule has 16 heavy (non-hydrogen) atoms. The van der Waals surface area contributed by atoms with E-state index in [0.29, 0.717) is 5.69 Å². The second kappa shape index (κ2) is 4.01. The monoisotopic (exact) mass is 231 g/mol. The van der Waals surface area contributed by atoms with Gasteiger partial charge in [-0.15, -0.1) is 0 Å². The van der Waals surface area contributed by atoms with E-state index in [2.05, 4.69) is 14.9 Å². The summed E-state index contributed by atoms with van der Waals surface area (Å²) >= 11 is 0. The van der Waals surface area contributed by atoms with Crippen LogP contribution < -0.4 is 0 Å². The molecule has 3 nitrogen and oxygen atoms in total. The minimum Gasteiger partial charge on any atom is -0.306 e. The molecule has 2 heterocycles. The van der Waals surface area contributed by atoms with Crippen molar-refractivity contribution in [1.82, 2.24) is 14.9 Å². The van der Waals surface area contributed by atoms with Crippen LogP contribution in [0.25, 0.3) is 0 Å². The number of nitrogens with zero attached hydrogens (tertiary/aromatic N) is 3. The van der Waals surface area contributed by atoms with Crippen molar-refractivity contribution in [2.45, 2.75) is 18.5 Å². The van der Waals surface area contributed by atoms with E-state index in [1.165, 1.54) is 6.20 Å². The van der Waals surface area contributed by atoms with E-state index in [1.54, 1.807) is 6.07 Å². The summed E-state index contributed by atoms with van der Waals surface area (Å²) in [5.74, 6) is -0.950. The average Bonchev–Trinajstić information content (AvgIpc) is 2.64. The smallest absolute Gasteiger partial charge is 0.306 e. The second-order valence-corrected chi connectivity index (χ2v) is 4.05. The first kappa shape index (κ1) is 11.3. The molecule has 0 saturated carbocycles. The number of likely N-dealkylation sites (tertiary alicyclic amines) is 1. The second-order valence-electron chi connectivity index (χ2n) is 4.05. The standard InChI is InChI=1S/C10H12F3N3/c1-16-5-3-7(6-16)8-2-4-14-9(15-8)10(11,12)13/h2,4,7H,3,5-6H2,1H3. The van der Waals surface area contributed by atoms with Crippen molar-refractivity contribution >= 4 is 0 Å². The van der Waals surface area contributed by atoms with Crippen LogP contribution in [-0.4, -0.2) is 35.0 Å². The minimum atomic E-state index is -4.46. The normalized spacial score (nSPS) is 22.6. The van der Waals surface area contributed by atoms with Gasteiger partial charge in [-0.05, 0) is 26.1 Å².